The van der Waals surface area contributed by atoms with Crippen LogP contribution >= 0.6 is 46.4 Å². The van der Waals surface area contributed by atoms with Gasteiger partial charge in [-0.15, -0.1) is 0 Å². The van der Waals surface area contributed by atoms with Gasteiger partial charge >= 0.3 is 6.03 Å². The lowest BCUT2D eigenvalue weighted by Crippen LogP contribution is -3.09. The molecule has 2 aliphatic rings. The fourth-order valence-electron chi connectivity index (χ4n) is 9.57. The maximum Gasteiger partial charge on any atom is 0.314 e. The van der Waals surface area contributed by atoms with Crippen LogP contribution in [0.15, 0.2) is 82.6 Å². The maximum absolute atomic E-state index is 13.3. The molecule has 0 fully saturated rings. The number of nitrogens with one attached hydrogen (secondary N) is 4. The van der Waals surface area contributed by atoms with Crippen molar-refractivity contribution in [2.24, 2.45) is 5.92 Å². The van der Waals surface area contributed by atoms with Gasteiger partial charge in [0, 0.05) is 72.2 Å². The van der Waals surface area contributed by atoms with Crippen LogP contribution in [-0.2, 0) is 56.6 Å². The van der Waals surface area contributed by atoms with E-state index in [2.05, 4.69) is 29.3 Å². The SMILES string of the molecule is CC1Cc2c(Cl)cc(Cl)cc2[C@H](c2cccc(S(=O)(=O)NCCOCCOCCCC(=O)CCCCCNC(=O)NCCOCCOCCCS(=O)(=O)c3cccc([C@@H]4C[NH+](C)Cc5c(Cl)cc(Cl)cc54)c3)c2)C1.[Cl-].[Cl-]. The largest absolute Gasteiger partial charge is 1.00 e. The zero-order valence-electron chi connectivity index (χ0n) is 43.1. The highest BCUT2D eigenvalue weighted by molar-refractivity contribution is 7.91. The highest BCUT2D eigenvalue weighted by atomic mass is 35.5. The molecule has 1 aliphatic heterocycles. The molecule has 4 aromatic rings. The van der Waals surface area contributed by atoms with Crippen molar-refractivity contribution in [3.63, 3.8) is 0 Å². The Morgan fingerprint density at radius 2 is 1.17 bits per heavy atom. The molecular formula is C54H71Cl6N4O10S2-. The molecule has 76 heavy (non-hydrogen) atoms. The number of sulfonamides is 1. The van der Waals surface area contributed by atoms with Crippen molar-refractivity contribution in [2.75, 3.05) is 91.8 Å². The van der Waals surface area contributed by atoms with E-state index in [1.54, 1.807) is 48.5 Å². The number of ether oxygens (including phenoxy) is 4. The minimum Gasteiger partial charge on any atom is -1.00 e. The first kappa shape index (κ1) is 65.7. The second kappa shape index (κ2) is 33.1. The average Bonchev–Trinajstić information content (AvgIpc) is 3.36. The number of sulfone groups is 1. The Labute approximate surface area is 482 Å². The summed E-state index contributed by atoms with van der Waals surface area (Å²) in [5.41, 5.74) is 6.02. The van der Waals surface area contributed by atoms with Crippen molar-refractivity contribution in [3.8, 4) is 0 Å². The van der Waals surface area contributed by atoms with Gasteiger partial charge in [0.15, 0.2) is 9.84 Å². The molecule has 4 N–H and O–H groups in total. The third-order valence-electron chi connectivity index (χ3n) is 13.2. The number of amides is 2. The monoisotopic (exact) mass is 1210 g/mol. The molecule has 422 valence electrons. The van der Waals surface area contributed by atoms with E-state index < -0.39 is 19.9 Å². The highest BCUT2D eigenvalue weighted by Crippen LogP contribution is 2.43. The fourth-order valence-corrected chi connectivity index (χ4v) is 13.1. The van der Waals surface area contributed by atoms with Crippen molar-refractivity contribution in [1.82, 2.24) is 15.4 Å². The number of halogens is 6. The number of hydrogen-bond donors (Lipinski definition) is 4. The summed E-state index contributed by atoms with van der Waals surface area (Å²) in [6.07, 6.45) is 5.87. The van der Waals surface area contributed by atoms with Crippen LogP contribution in [0.3, 0.4) is 0 Å². The third kappa shape index (κ3) is 20.7. The van der Waals surface area contributed by atoms with Gasteiger partial charge in [-0.2, -0.15) is 0 Å². The lowest BCUT2D eigenvalue weighted by Gasteiger charge is -2.31. The number of hydrogen-bond acceptors (Lipinski definition) is 10. The molecule has 0 saturated carbocycles. The number of benzene rings is 4. The first-order valence-corrected chi connectivity index (χ1v) is 30.2. The van der Waals surface area contributed by atoms with Gasteiger partial charge < -0.3 is 59.3 Å². The van der Waals surface area contributed by atoms with Gasteiger partial charge in [-0.1, -0.05) is 84.0 Å². The van der Waals surface area contributed by atoms with E-state index >= 15 is 0 Å². The number of unbranched alkanes of at least 4 members (excludes halogenated alkanes) is 2. The summed E-state index contributed by atoms with van der Waals surface area (Å²) in [6.45, 7) is 7.10. The first-order valence-electron chi connectivity index (χ1n) is 25.5. The van der Waals surface area contributed by atoms with Crippen LogP contribution in [-0.4, -0.2) is 120 Å². The lowest BCUT2D eigenvalue weighted by atomic mass is 9.74. The van der Waals surface area contributed by atoms with Gasteiger partial charge in [0.1, 0.15) is 12.3 Å². The third-order valence-corrected chi connectivity index (χ3v) is 17.6. The van der Waals surface area contributed by atoms with Crippen LogP contribution < -0.4 is 45.1 Å². The molecule has 4 atom stereocenters. The Kier molecular flexibility index (Phi) is 28.6. The molecule has 1 aliphatic carbocycles. The quantitative estimate of drug-likeness (QED) is 0.0548. The summed E-state index contributed by atoms with van der Waals surface area (Å²) >= 11 is 25.8. The average molecular weight is 1210 g/mol. The molecule has 4 aromatic carbocycles. The molecule has 14 nitrogen and oxygen atoms in total. The zero-order valence-corrected chi connectivity index (χ0v) is 49.3. The van der Waals surface area contributed by atoms with Gasteiger partial charge in [-0.25, -0.2) is 26.4 Å². The number of carbonyl (C=O) groups is 2. The number of fused-ring (bicyclic) bond motifs is 2. The van der Waals surface area contributed by atoms with E-state index in [1.807, 2.05) is 24.3 Å². The van der Waals surface area contributed by atoms with Gasteiger partial charge in [0.25, 0.3) is 0 Å². The van der Waals surface area contributed by atoms with E-state index in [4.69, 9.17) is 65.4 Å². The number of carbonyl (C=O) groups excluding carboxylic acids is 2. The summed E-state index contributed by atoms with van der Waals surface area (Å²) in [4.78, 5) is 26.2. The van der Waals surface area contributed by atoms with Crippen LogP contribution in [0.5, 0.6) is 0 Å². The van der Waals surface area contributed by atoms with Crippen LogP contribution in [0.25, 0.3) is 0 Å². The number of Topliss-reactive ketones (excluding diaryl/α,β-unsaturated/α-hetero) is 1. The van der Waals surface area contributed by atoms with Gasteiger partial charge in [-0.05, 0) is 121 Å². The van der Waals surface area contributed by atoms with Crippen molar-refractivity contribution in [1.29, 1.82) is 0 Å². The summed E-state index contributed by atoms with van der Waals surface area (Å²) < 4.78 is 77.8. The van der Waals surface area contributed by atoms with Crippen molar-refractivity contribution in [2.45, 2.75) is 92.9 Å². The smallest absolute Gasteiger partial charge is 0.314 e. The van der Waals surface area contributed by atoms with Crippen LogP contribution in [0.4, 0.5) is 4.79 Å². The topological polar surface area (TPSA) is 180 Å². The van der Waals surface area contributed by atoms with Crippen molar-refractivity contribution in [3.05, 3.63) is 126 Å². The number of quaternary nitrogens is 1. The molecule has 0 spiro atoms. The molecule has 0 bridgehead atoms. The Morgan fingerprint density at radius 3 is 1.86 bits per heavy atom. The Balaban J connectivity index is 0.00000624. The van der Waals surface area contributed by atoms with Crippen molar-refractivity contribution >= 4 is 78.1 Å². The lowest BCUT2D eigenvalue weighted by molar-refractivity contribution is -0.897. The molecular weight excluding hydrogens is 1140 g/mol. The molecule has 22 heteroatoms. The van der Waals surface area contributed by atoms with E-state index in [-0.39, 0.29) is 83.8 Å². The molecule has 2 unspecified atom stereocenters. The number of rotatable bonds is 31. The standard InChI is InChI=1S/C54H70Cl4N4O10S2.2ClH/c1-38-28-46(47-32-41(55)34-52(57)49(47)29-38)39-10-7-15-45(31-39)74(67,68)61-18-22-72-26-23-69-19-8-13-43(63)12-4-3-5-16-59-54(64)60-17-21-71-25-24-70-20-9-27-73(65,66)44-14-6-11-40(30-44)50-36-62(2)37-51-48(50)33-42(56)35-53(51)58;;/h6-7,10-11,14-15,30-35,38,46,50,61H,3-5,8-9,12-13,16-29,36-37H2,1-2H3,(H2,59,60,64);2*1H/p-1/t38?,46-,50-;;/m0../s1. The van der Waals surface area contributed by atoms with Gasteiger partial charge in [0.05, 0.1) is 79.7 Å². The zero-order chi connectivity index (χ0) is 53.1. The number of likely N-dealkylation sites (N-methyl/N-ethyl adjacent to an activating group) is 1. The van der Waals surface area contributed by atoms with Gasteiger partial charge in [-0.3, -0.25) is 4.79 Å². The molecule has 0 saturated heterocycles. The second-order valence-electron chi connectivity index (χ2n) is 19.2. The molecule has 0 aromatic heterocycles. The predicted molar refractivity (Wildman–Crippen MR) is 292 cm³/mol. The summed E-state index contributed by atoms with van der Waals surface area (Å²) in [7, 11) is -5.20. The summed E-state index contributed by atoms with van der Waals surface area (Å²) in [6, 6.07) is 21.3. The normalized spacial score (nSPS) is 17.2. The Morgan fingerprint density at radius 1 is 0.618 bits per heavy atom. The van der Waals surface area contributed by atoms with E-state index in [0.29, 0.717) is 104 Å². The number of urea groups is 1. The van der Waals surface area contributed by atoms with Gasteiger partial charge in [0.2, 0.25) is 10.0 Å². The minimum atomic E-state index is -3.76. The summed E-state index contributed by atoms with van der Waals surface area (Å²) in [5, 5.41) is 7.96. The molecule has 1 heterocycles. The minimum absolute atomic E-state index is 0. The molecule has 0 radical (unpaired) electrons. The maximum atomic E-state index is 13.3. The van der Waals surface area contributed by atoms with Crippen LogP contribution in [0, 0.1) is 5.92 Å². The van der Waals surface area contributed by atoms with E-state index in [9.17, 15) is 26.4 Å². The second-order valence-corrected chi connectivity index (χ2v) is 24.8. The Hall–Kier alpha value is -2.78. The number of ketones is 1. The predicted octanol–water partition coefficient (Wildman–Crippen LogP) is 2.60. The van der Waals surface area contributed by atoms with Crippen molar-refractivity contribution < 1.29 is 75.1 Å². The summed E-state index contributed by atoms with van der Waals surface area (Å²) in [5.74, 6) is 0.473. The van der Waals surface area contributed by atoms with Crippen LogP contribution in [0.1, 0.15) is 104 Å². The van der Waals surface area contributed by atoms with Crippen LogP contribution in [0.2, 0.25) is 20.1 Å². The first-order chi connectivity index (χ1) is 35.5. The van der Waals surface area contributed by atoms with E-state index in [0.717, 1.165) is 78.6 Å². The molecule has 6 rings (SSSR count). The Bertz CT molecular complexity index is 2540. The van der Waals surface area contributed by atoms with E-state index in [1.165, 1.54) is 4.90 Å². The fraction of sp³-hybridized carbons (Fsp3) is 0.519. The highest BCUT2D eigenvalue weighted by Gasteiger charge is 2.32. The molecule has 2 amide bonds.